The van der Waals surface area contributed by atoms with E-state index in [1.165, 1.54) is 4.90 Å². The van der Waals surface area contributed by atoms with E-state index in [0.29, 0.717) is 12.2 Å². The third-order valence-corrected chi connectivity index (χ3v) is 4.62. The summed E-state index contributed by atoms with van der Waals surface area (Å²) in [6, 6.07) is 19.4. The molecule has 3 aromatic rings. The van der Waals surface area contributed by atoms with Crippen LogP contribution in [0, 0.1) is 12.8 Å². The van der Waals surface area contributed by atoms with Crippen LogP contribution in [0.4, 0.5) is 5.82 Å². The summed E-state index contributed by atoms with van der Waals surface area (Å²) in [5, 5.41) is 0.988. The monoisotopic (exact) mass is 330 g/mol. The molecule has 1 unspecified atom stereocenters. The number of amides is 2. The van der Waals surface area contributed by atoms with Crippen molar-refractivity contribution in [2.24, 2.45) is 5.92 Å². The molecule has 1 saturated heterocycles. The number of rotatable bonds is 3. The number of benzene rings is 2. The molecule has 1 aliphatic rings. The Kier molecular flexibility index (Phi) is 3.80. The topological polar surface area (TPSA) is 50.3 Å². The Bertz CT molecular complexity index is 980. The number of carbonyl (C=O) groups is 2. The first-order chi connectivity index (χ1) is 12.1. The van der Waals surface area contributed by atoms with E-state index in [1.807, 2.05) is 55.5 Å². The van der Waals surface area contributed by atoms with Gasteiger partial charge in [-0.2, -0.15) is 0 Å². The SMILES string of the molecule is Cc1cccc(CC2CC(=O)N(c3ccc4ccccc4n3)C2=O)c1. The van der Waals surface area contributed by atoms with Gasteiger partial charge in [-0.15, -0.1) is 0 Å². The first-order valence-corrected chi connectivity index (χ1v) is 8.40. The van der Waals surface area contributed by atoms with Crippen molar-refractivity contribution in [3.63, 3.8) is 0 Å². The van der Waals surface area contributed by atoms with Gasteiger partial charge in [0.05, 0.1) is 11.4 Å². The third kappa shape index (κ3) is 2.91. The predicted molar refractivity (Wildman–Crippen MR) is 97.2 cm³/mol. The zero-order chi connectivity index (χ0) is 17.4. The molecule has 0 saturated carbocycles. The number of pyridine rings is 1. The van der Waals surface area contributed by atoms with Crippen molar-refractivity contribution in [1.82, 2.24) is 4.98 Å². The molecule has 0 aliphatic carbocycles. The second-order valence-corrected chi connectivity index (χ2v) is 6.52. The van der Waals surface area contributed by atoms with Gasteiger partial charge in [-0.1, -0.05) is 48.0 Å². The van der Waals surface area contributed by atoms with E-state index in [1.54, 1.807) is 6.07 Å². The first kappa shape index (κ1) is 15.5. The average Bonchev–Trinajstić information content (AvgIpc) is 2.88. The van der Waals surface area contributed by atoms with Crippen LogP contribution in [0.1, 0.15) is 17.5 Å². The number of nitrogens with zero attached hydrogens (tertiary/aromatic N) is 2. The van der Waals surface area contributed by atoms with Crippen LogP contribution in [0.5, 0.6) is 0 Å². The van der Waals surface area contributed by atoms with Crippen molar-refractivity contribution in [3.05, 3.63) is 71.8 Å². The summed E-state index contributed by atoms with van der Waals surface area (Å²) in [7, 11) is 0. The first-order valence-electron chi connectivity index (χ1n) is 8.40. The minimum absolute atomic E-state index is 0.158. The molecule has 2 amide bonds. The van der Waals surface area contributed by atoms with Crippen molar-refractivity contribution in [1.29, 1.82) is 0 Å². The molecule has 4 rings (SSSR count). The van der Waals surface area contributed by atoms with E-state index in [9.17, 15) is 9.59 Å². The largest absolute Gasteiger partial charge is 0.274 e. The lowest BCUT2D eigenvalue weighted by Gasteiger charge is -2.14. The summed E-state index contributed by atoms with van der Waals surface area (Å²) < 4.78 is 0. The highest BCUT2D eigenvalue weighted by Gasteiger charge is 2.40. The number of imide groups is 1. The average molecular weight is 330 g/mol. The van der Waals surface area contributed by atoms with Crippen LogP contribution >= 0.6 is 0 Å². The van der Waals surface area contributed by atoms with Gasteiger partial charge < -0.3 is 0 Å². The minimum atomic E-state index is -0.317. The van der Waals surface area contributed by atoms with E-state index < -0.39 is 0 Å². The number of hydrogen-bond donors (Lipinski definition) is 0. The molecule has 2 aromatic carbocycles. The molecule has 2 heterocycles. The van der Waals surface area contributed by atoms with Gasteiger partial charge in [0.1, 0.15) is 5.82 Å². The van der Waals surface area contributed by atoms with Crippen molar-refractivity contribution in [2.45, 2.75) is 19.8 Å². The van der Waals surface area contributed by atoms with Crippen molar-refractivity contribution < 1.29 is 9.59 Å². The Balaban J connectivity index is 1.62. The fourth-order valence-electron chi connectivity index (χ4n) is 3.40. The molecule has 1 aromatic heterocycles. The van der Waals surface area contributed by atoms with Crippen LogP contribution in [0.3, 0.4) is 0 Å². The number of fused-ring (bicyclic) bond motifs is 1. The molecular formula is C21H18N2O2. The molecule has 0 radical (unpaired) electrons. The van der Waals surface area contributed by atoms with Gasteiger partial charge in [0, 0.05) is 11.8 Å². The molecule has 25 heavy (non-hydrogen) atoms. The van der Waals surface area contributed by atoms with Crippen LogP contribution in [0.15, 0.2) is 60.7 Å². The van der Waals surface area contributed by atoms with Gasteiger partial charge in [0.15, 0.2) is 0 Å². The number of para-hydroxylation sites is 1. The van der Waals surface area contributed by atoms with Gasteiger partial charge in [-0.3, -0.25) is 9.59 Å². The lowest BCUT2D eigenvalue weighted by atomic mass is 9.97. The highest BCUT2D eigenvalue weighted by Crippen LogP contribution is 2.29. The highest BCUT2D eigenvalue weighted by molar-refractivity contribution is 6.20. The molecule has 124 valence electrons. The Morgan fingerprint density at radius 1 is 1.04 bits per heavy atom. The van der Waals surface area contributed by atoms with Crippen LogP contribution < -0.4 is 4.90 Å². The van der Waals surface area contributed by atoms with Crippen molar-refractivity contribution in [2.75, 3.05) is 4.90 Å². The molecule has 1 fully saturated rings. The van der Waals surface area contributed by atoms with Gasteiger partial charge in [0.2, 0.25) is 11.8 Å². The maximum absolute atomic E-state index is 12.8. The summed E-state index contributed by atoms with van der Waals surface area (Å²) in [6.45, 7) is 2.02. The standard InChI is InChI=1S/C21H18N2O2/c1-14-5-4-6-15(11-14)12-17-13-20(24)23(21(17)25)19-10-9-16-7-2-3-8-18(16)22-19/h2-11,17H,12-13H2,1H3. The molecule has 1 atom stereocenters. The molecule has 0 N–H and O–H groups in total. The smallest absolute Gasteiger partial charge is 0.238 e. The second kappa shape index (κ2) is 6.13. The number of hydrogen-bond acceptors (Lipinski definition) is 3. The van der Waals surface area contributed by atoms with E-state index in [4.69, 9.17) is 0 Å². The molecule has 0 bridgehead atoms. The molecule has 0 spiro atoms. The van der Waals surface area contributed by atoms with Crippen LogP contribution in [0.2, 0.25) is 0 Å². The van der Waals surface area contributed by atoms with Gasteiger partial charge in [0.25, 0.3) is 0 Å². The predicted octanol–water partition coefficient (Wildman–Crippen LogP) is 3.67. The Hall–Kier alpha value is -3.01. The number of anilines is 1. The summed E-state index contributed by atoms with van der Waals surface area (Å²) in [5.74, 6) is -0.234. The normalized spacial score (nSPS) is 17.5. The summed E-state index contributed by atoms with van der Waals surface area (Å²) >= 11 is 0. The maximum Gasteiger partial charge on any atom is 0.238 e. The zero-order valence-electron chi connectivity index (χ0n) is 14.0. The van der Waals surface area contributed by atoms with Gasteiger partial charge in [-0.05, 0) is 37.1 Å². The molecular weight excluding hydrogens is 312 g/mol. The van der Waals surface area contributed by atoms with E-state index in [-0.39, 0.29) is 24.2 Å². The lowest BCUT2D eigenvalue weighted by Crippen LogP contribution is -2.31. The number of aromatic nitrogens is 1. The van der Waals surface area contributed by atoms with Crippen molar-refractivity contribution >= 4 is 28.5 Å². The Morgan fingerprint density at radius 2 is 1.88 bits per heavy atom. The molecule has 4 heteroatoms. The fourth-order valence-corrected chi connectivity index (χ4v) is 3.40. The molecule has 4 nitrogen and oxygen atoms in total. The Labute approximate surface area is 146 Å². The summed E-state index contributed by atoms with van der Waals surface area (Å²) in [5.41, 5.74) is 3.02. The fraction of sp³-hybridized carbons (Fsp3) is 0.190. The third-order valence-electron chi connectivity index (χ3n) is 4.62. The van der Waals surface area contributed by atoms with Gasteiger partial charge in [-0.25, -0.2) is 9.88 Å². The maximum atomic E-state index is 12.8. The van der Waals surface area contributed by atoms with E-state index in [0.717, 1.165) is 22.0 Å². The summed E-state index contributed by atoms with van der Waals surface area (Å²) in [6.07, 6.45) is 0.817. The Morgan fingerprint density at radius 3 is 2.72 bits per heavy atom. The van der Waals surface area contributed by atoms with E-state index in [2.05, 4.69) is 11.1 Å². The summed E-state index contributed by atoms with van der Waals surface area (Å²) in [4.78, 5) is 31.0. The van der Waals surface area contributed by atoms with Crippen LogP contribution in [-0.2, 0) is 16.0 Å². The van der Waals surface area contributed by atoms with Crippen LogP contribution in [-0.4, -0.2) is 16.8 Å². The van der Waals surface area contributed by atoms with Crippen LogP contribution in [0.25, 0.3) is 10.9 Å². The van der Waals surface area contributed by atoms with Gasteiger partial charge >= 0.3 is 0 Å². The van der Waals surface area contributed by atoms with Crippen molar-refractivity contribution in [3.8, 4) is 0 Å². The quantitative estimate of drug-likeness (QED) is 0.689. The zero-order valence-corrected chi connectivity index (χ0v) is 14.0. The number of carbonyl (C=O) groups excluding carboxylic acids is 2. The second-order valence-electron chi connectivity index (χ2n) is 6.52. The lowest BCUT2D eigenvalue weighted by molar-refractivity contribution is -0.122. The van der Waals surface area contributed by atoms with E-state index >= 15 is 0 Å². The number of aryl methyl sites for hydroxylation is 1. The highest BCUT2D eigenvalue weighted by atomic mass is 16.2. The molecule has 1 aliphatic heterocycles. The minimum Gasteiger partial charge on any atom is -0.274 e.